The third-order valence-electron chi connectivity index (χ3n) is 4.07. The molecule has 1 aromatic carbocycles. The lowest BCUT2D eigenvalue weighted by molar-refractivity contribution is -0.117. The number of carboxylic acid groups (broad SMARTS) is 1. The minimum Gasteiger partial charge on any atom is -0.477 e. The predicted octanol–water partition coefficient (Wildman–Crippen LogP) is 3.30. The first kappa shape index (κ1) is 17.7. The Morgan fingerprint density at radius 3 is 2.38 bits per heavy atom. The molecule has 128 valence electrons. The van der Waals surface area contributed by atoms with E-state index in [1.54, 1.807) is 4.68 Å². The molecule has 1 aromatic heterocycles. The van der Waals surface area contributed by atoms with Gasteiger partial charge in [0.25, 0.3) is 0 Å². The Bertz CT molecular complexity index is 723. The number of nitrogens with zero attached hydrogens (tertiary/aromatic N) is 2. The third kappa shape index (κ3) is 3.48. The summed E-state index contributed by atoms with van der Waals surface area (Å²) in [6.45, 7) is 6.24. The first-order valence-corrected chi connectivity index (χ1v) is 8.22. The van der Waals surface area contributed by atoms with Crippen molar-refractivity contribution in [3.05, 3.63) is 47.2 Å². The van der Waals surface area contributed by atoms with Gasteiger partial charge in [0.05, 0.1) is 11.6 Å². The van der Waals surface area contributed by atoms with Gasteiger partial charge in [-0.1, -0.05) is 44.2 Å². The molecule has 0 saturated heterocycles. The number of aromatic carboxylic acids is 1. The molecule has 0 saturated carbocycles. The lowest BCUT2D eigenvalue weighted by Crippen LogP contribution is -2.22. The molecule has 24 heavy (non-hydrogen) atoms. The molecule has 0 spiro atoms. The van der Waals surface area contributed by atoms with Crippen LogP contribution >= 0.6 is 0 Å². The fourth-order valence-corrected chi connectivity index (χ4v) is 2.89. The quantitative estimate of drug-likeness (QED) is 0.816. The van der Waals surface area contributed by atoms with Crippen LogP contribution in [0.2, 0.25) is 0 Å². The molecule has 0 fully saturated rings. The number of amides is 1. The van der Waals surface area contributed by atoms with Gasteiger partial charge >= 0.3 is 5.97 Å². The van der Waals surface area contributed by atoms with Crippen molar-refractivity contribution in [2.45, 2.75) is 46.1 Å². The standard InChI is InChI=1S/C18H23N3O3/c1-4-13(12-10-8-7-9-11-12)17(22)19-16-15(18(23)24)14(5-2)21(6-3)20-16/h7-11,13H,4-6H2,1-3H3,(H,23,24)(H,19,20,22). The predicted molar refractivity (Wildman–Crippen MR) is 92.3 cm³/mol. The molecule has 1 heterocycles. The number of aryl methyl sites for hydroxylation is 1. The van der Waals surface area contributed by atoms with Crippen molar-refractivity contribution in [2.75, 3.05) is 5.32 Å². The van der Waals surface area contributed by atoms with Crippen LogP contribution in [0.4, 0.5) is 5.82 Å². The monoisotopic (exact) mass is 329 g/mol. The lowest BCUT2D eigenvalue weighted by atomic mass is 9.95. The molecule has 1 atom stereocenters. The number of hydrogen-bond acceptors (Lipinski definition) is 3. The second-order valence-electron chi connectivity index (χ2n) is 5.51. The second-order valence-corrected chi connectivity index (χ2v) is 5.51. The molecular weight excluding hydrogens is 306 g/mol. The summed E-state index contributed by atoms with van der Waals surface area (Å²) in [6.07, 6.45) is 1.15. The van der Waals surface area contributed by atoms with E-state index in [0.717, 1.165) is 5.56 Å². The zero-order valence-electron chi connectivity index (χ0n) is 14.2. The maximum Gasteiger partial charge on any atom is 0.341 e. The lowest BCUT2D eigenvalue weighted by Gasteiger charge is -2.14. The number of nitrogens with one attached hydrogen (secondary N) is 1. The molecule has 0 aliphatic carbocycles. The van der Waals surface area contributed by atoms with E-state index in [1.165, 1.54) is 0 Å². The number of carbonyl (C=O) groups excluding carboxylic acids is 1. The van der Waals surface area contributed by atoms with Crippen molar-refractivity contribution < 1.29 is 14.7 Å². The minimum atomic E-state index is -1.07. The highest BCUT2D eigenvalue weighted by molar-refractivity contribution is 6.02. The van der Waals surface area contributed by atoms with Crippen LogP contribution in [0, 0.1) is 0 Å². The molecule has 6 nitrogen and oxygen atoms in total. The van der Waals surface area contributed by atoms with Gasteiger partial charge in [0.15, 0.2) is 5.82 Å². The summed E-state index contributed by atoms with van der Waals surface area (Å²) in [5, 5.41) is 16.5. The van der Waals surface area contributed by atoms with Crippen LogP contribution in [-0.2, 0) is 17.8 Å². The summed E-state index contributed by atoms with van der Waals surface area (Å²) < 4.78 is 1.63. The molecule has 0 aliphatic rings. The van der Waals surface area contributed by atoms with Gasteiger partial charge in [-0.25, -0.2) is 4.79 Å². The van der Waals surface area contributed by atoms with Crippen LogP contribution in [0.1, 0.15) is 54.7 Å². The summed E-state index contributed by atoms with van der Waals surface area (Å²) in [7, 11) is 0. The van der Waals surface area contributed by atoms with Crippen molar-refractivity contribution in [1.29, 1.82) is 0 Å². The van der Waals surface area contributed by atoms with Crippen LogP contribution in [0.5, 0.6) is 0 Å². The zero-order valence-corrected chi connectivity index (χ0v) is 14.2. The van der Waals surface area contributed by atoms with Crippen molar-refractivity contribution in [3.8, 4) is 0 Å². The highest BCUT2D eigenvalue weighted by Gasteiger charge is 2.26. The Balaban J connectivity index is 2.34. The van der Waals surface area contributed by atoms with Gasteiger partial charge in [-0.15, -0.1) is 0 Å². The molecule has 2 N–H and O–H groups in total. The third-order valence-corrected chi connectivity index (χ3v) is 4.07. The number of anilines is 1. The summed E-state index contributed by atoms with van der Waals surface area (Å²) >= 11 is 0. The highest BCUT2D eigenvalue weighted by atomic mass is 16.4. The maximum absolute atomic E-state index is 12.7. The van der Waals surface area contributed by atoms with Crippen LogP contribution in [-0.4, -0.2) is 26.8 Å². The van der Waals surface area contributed by atoms with Crippen LogP contribution in [0.25, 0.3) is 0 Å². The molecule has 1 amide bonds. The van der Waals surface area contributed by atoms with E-state index in [2.05, 4.69) is 10.4 Å². The Hall–Kier alpha value is -2.63. The number of benzene rings is 1. The van der Waals surface area contributed by atoms with Crippen LogP contribution in [0.15, 0.2) is 30.3 Å². The number of hydrogen-bond donors (Lipinski definition) is 2. The fraction of sp³-hybridized carbons (Fsp3) is 0.389. The zero-order chi connectivity index (χ0) is 17.7. The van der Waals surface area contributed by atoms with Gasteiger partial charge in [-0.3, -0.25) is 9.48 Å². The highest BCUT2D eigenvalue weighted by Crippen LogP contribution is 2.25. The van der Waals surface area contributed by atoms with Gasteiger partial charge in [0.1, 0.15) is 5.56 Å². The average molecular weight is 329 g/mol. The Labute approximate surface area is 141 Å². The Morgan fingerprint density at radius 2 is 1.88 bits per heavy atom. The van der Waals surface area contributed by atoms with Crippen molar-refractivity contribution in [1.82, 2.24) is 9.78 Å². The molecule has 0 aliphatic heterocycles. The summed E-state index contributed by atoms with van der Waals surface area (Å²) in [4.78, 5) is 24.3. The minimum absolute atomic E-state index is 0.0793. The number of aromatic nitrogens is 2. The largest absolute Gasteiger partial charge is 0.477 e. The summed E-state index contributed by atoms with van der Waals surface area (Å²) in [5.41, 5.74) is 1.60. The average Bonchev–Trinajstić information content (AvgIpc) is 2.94. The Kier molecular flexibility index (Phi) is 5.73. The second kappa shape index (κ2) is 7.77. The molecule has 2 aromatic rings. The van der Waals surface area contributed by atoms with E-state index in [-0.39, 0.29) is 23.2 Å². The molecule has 6 heteroatoms. The fourth-order valence-electron chi connectivity index (χ4n) is 2.89. The maximum atomic E-state index is 12.7. The summed E-state index contributed by atoms with van der Waals surface area (Å²) in [5.74, 6) is -1.53. The van der Waals surface area contributed by atoms with Gasteiger partial charge in [0, 0.05) is 6.54 Å². The SMILES string of the molecule is CCc1c(C(=O)O)c(NC(=O)C(CC)c2ccccc2)nn1CC. The number of rotatable bonds is 7. The van der Waals surface area contributed by atoms with E-state index in [0.29, 0.717) is 25.1 Å². The van der Waals surface area contributed by atoms with Crippen molar-refractivity contribution in [2.24, 2.45) is 0 Å². The van der Waals surface area contributed by atoms with E-state index in [1.807, 2.05) is 51.1 Å². The molecular formula is C18H23N3O3. The van der Waals surface area contributed by atoms with Crippen molar-refractivity contribution >= 4 is 17.7 Å². The summed E-state index contributed by atoms with van der Waals surface area (Å²) in [6, 6.07) is 9.46. The first-order chi connectivity index (χ1) is 11.5. The van der Waals surface area contributed by atoms with E-state index >= 15 is 0 Å². The number of carboxylic acids is 1. The van der Waals surface area contributed by atoms with Gasteiger partial charge < -0.3 is 10.4 Å². The first-order valence-electron chi connectivity index (χ1n) is 8.22. The normalized spacial score (nSPS) is 12.0. The van der Waals surface area contributed by atoms with E-state index in [9.17, 15) is 14.7 Å². The van der Waals surface area contributed by atoms with E-state index in [4.69, 9.17) is 0 Å². The molecule has 2 rings (SSSR count). The van der Waals surface area contributed by atoms with Crippen LogP contribution in [0.3, 0.4) is 0 Å². The van der Waals surface area contributed by atoms with Gasteiger partial charge in [-0.2, -0.15) is 5.10 Å². The van der Waals surface area contributed by atoms with E-state index < -0.39 is 5.97 Å². The molecule has 0 radical (unpaired) electrons. The molecule has 0 bridgehead atoms. The van der Waals surface area contributed by atoms with Gasteiger partial charge in [-0.05, 0) is 25.3 Å². The topological polar surface area (TPSA) is 84.2 Å². The van der Waals surface area contributed by atoms with Gasteiger partial charge in [0.2, 0.25) is 5.91 Å². The van der Waals surface area contributed by atoms with Crippen LogP contribution < -0.4 is 5.32 Å². The molecule has 1 unspecified atom stereocenters. The number of carbonyl (C=O) groups is 2. The smallest absolute Gasteiger partial charge is 0.341 e. The Morgan fingerprint density at radius 1 is 1.21 bits per heavy atom. The van der Waals surface area contributed by atoms with Crippen molar-refractivity contribution in [3.63, 3.8) is 0 Å².